The van der Waals surface area contributed by atoms with Gasteiger partial charge in [-0.25, -0.2) is 4.39 Å². The monoisotopic (exact) mass is 275 g/mol. The van der Waals surface area contributed by atoms with E-state index in [-0.39, 0.29) is 11.9 Å². The molecule has 3 rings (SSSR count). The molecule has 0 amide bonds. The molecule has 1 aromatic carbocycles. The van der Waals surface area contributed by atoms with Gasteiger partial charge in [0.15, 0.2) is 5.82 Å². The lowest BCUT2D eigenvalue weighted by Crippen LogP contribution is -2.48. The van der Waals surface area contributed by atoms with E-state index in [0.29, 0.717) is 23.3 Å². The fraction of sp³-hybridized carbons (Fsp3) is 0.429. The van der Waals surface area contributed by atoms with Gasteiger partial charge in [0.05, 0.1) is 0 Å². The fourth-order valence-corrected chi connectivity index (χ4v) is 2.44. The molecule has 0 radical (unpaired) electrons. The average Bonchev–Trinajstić information content (AvgIpc) is 2.92. The number of benzene rings is 1. The van der Waals surface area contributed by atoms with Crippen molar-refractivity contribution in [2.75, 3.05) is 18.0 Å². The first kappa shape index (κ1) is 13.1. The van der Waals surface area contributed by atoms with E-state index < -0.39 is 0 Å². The van der Waals surface area contributed by atoms with Crippen molar-refractivity contribution in [3.8, 4) is 11.4 Å². The van der Waals surface area contributed by atoms with Crippen LogP contribution in [0.15, 0.2) is 24.3 Å². The minimum atomic E-state index is -0.283. The highest BCUT2D eigenvalue weighted by molar-refractivity contribution is 5.56. The Morgan fingerprint density at radius 1 is 1.45 bits per heavy atom. The van der Waals surface area contributed by atoms with Crippen LogP contribution in [0.3, 0.4) is 0 Å². The summed E-state index contributed by atoms with van der Waals surface area (Å²) in [6.07, 6.45) is 1.03. The lowest BCUT2D eigenvalue weighted by Gasteiger charge is -2.34. The molecular weight excluding hydrogens is 257 g/mol. The number of nitrogens with zero attached hydrogens (tertiary/aromatic N) is 3. The molecule has 20 heavy (non-hydrogen) atoms. The molecule has 2 atom stereocenters. The van der Waals surface area contributed by atoms with Crippen LogP contribution in [-0.2, 0) is 0 Å². The summed E-state index contributed by atoms with van der Waals surface area (Å²) in [6, 6.07) is 6.45. The van der Waals surface area contributed by atoms with Crippen molar-refractivity contribution in [2.24, 2.45) is 11.7 Å². The number of aromatic amines is 1. The maximum atomic E-state index is 13.2. The van der Waals surface area contributed by atoms with Crippen LogP contribution in [0.5, 0.6) is 0 Å². The second kappa shape index (κ2) is 5.20. The van der Waals surface area contributed by atoms with E-state index in [0.717, 1.165) is 19.5 Å². The van der Waals surface area contributed by atoms with Gasteiger partial charge in [-0.3, -0.25) is 5.10 Å². The lowest BCUT2D eigenvalue weighted by molar-refractivity contribution is 0.376. The number of halogens is 1. The normalized spacial score (nSPS) is 23.1. The molecule has 1 aliphatic heterocycles. The number of hydrogen-bond donors (Lipinski definition) is 2. The largest absolute Gasteiger partial charge is 0.338 e. The summed E-state index contributed by atoms with van der Waals surface area (Å²) >= 11 is 0. The summed E-state index contributed by atoms with van der Waals surface area (Å²) < 4.78 is 13.2. The molecule has 5 nitrogen and oxygen atoms in total. The molecule has 3 N–H and O–H groups in total. The molecule has 2 heterocycles. The Hall–Kier alpha value is -1.95. The number of piperidine rings is 1. The van der Waals surface area contributed by atoms with Crippen molar-refractivity contribution in [1.29, 1.82) is 0 Å². The first-order valence-corrected chi connectivity index (χ1v) is 6.82. The molecule has 1 aliphatic rings. The molecule has 0 aliphatic carbocycles. The Kier molecular flexibility index (Phi) is 3.40. The highest BCUT2D eigenvalue weighted by atomic mass is 19.1. The Morgan fingerprint density at radius 2 is 2.30 bits per heavy atom. The first-order valence-electron chi connectivity index (χ1n) is 6.82. The predicted molar refractivity (Wildman–Crippen MR) is 75.7 cm³/mol. The van der Waals surface area contributed by atoms with Crippen LogP contribution in [0.25, 0.3) is 11.4 Å². The Bertz CT molecular complexity index is 597. The van der Waals surface area contributed by atoms with Crippen LogP contribution < -0.4 is 10.6 Å². The van der Waals surface area contributed by atoms with Gasteiger partial charge in [-0.05, 0) is 24.5 Å². The van der Waals surface area contributed by atoms with Gasteiger partial charge in [0.25, 0.3) is 0 Å². The van der Waals surface area contributed by atoms with E-state index in [4.69, 9.17) is 5.73 Å². The van der Waals surface area contributed by atoms with Crippen LogP contribution in [0.2, 0.25) is 0 Å². The third-order valence-electron chi connectivity index (χ3n) is 3.87. The van der Waals surface area contributed by atoms with E-state index in [9.17, 15) is 4.39 Å². The van der Waals surface area contributed by atoms with Crippen LogP contribution in [-0.4, -0.2) is 34.3 Å². The summed E-state index contributed by atoms with van der Waals surface area (Å²) in [7, 11) is 0. The third-order valence-corrected chi connectivity index (χ3v) is 3.87. The minimum absolute atomic E-state index is 0.139. The molecule has 1 fully saturated rings. The van der Waals surface area contributed by atoms with Gasteiger partial charge in [-0.15, -0.1) is 5.10 Å². The third kappa shape index (κ3) is 2.51. The number of rotatable bonds is 2. The molecule has 6 heteroatoms. The van der Waals surface area contributed by atoms with E-state index in [1.54, 1.807) is 12.1 Å². The average molecular weight is 275 g/mol. The fourth-order valence-electron chi connectivity index (χ4n) is 2.44. The first-order chi connectivity index (χ1) is 9.63. The molecule has 1 saturated heterocycles. The molecule has 2 unspecified atom stereocenters. The second-order valence-electron chi connectivity index (χ2n) is 5.37. The lowest BCUT2D eigenvalue weighted by atomic mass is 9.95. The van der Waals surface area contributed by atoms with Crippen molar-refractivity contribution in [3.63, 3.8) is 0 Å². The summed E-state index contributed by atoms with van der Waals surface area (Å²) in [5.74, 6) is 1.44. The van der Waals surface area contributed by atoms with Gasteiger partial charge in [0.2, 0.25) is 5.95 Å². The summed E-state index contributed by atoms with van der Waals surface area (Å²) in [5, 5.41) is 7.08. The topological polar surface area (TPSA) is 70.8 Å². The van der Waals surface area contributed by atoms with Crippen molar-refractivity contribution < 1.29 is 4.39 Å². The quantitative estimate of drug-likeness (QED) is 0.876. The van der Waals surface area contributed by atoms with Crippen LogP contribution >= 0.6 is 0 Å². The van der Waals surface area contributed by atoms with Crippen molar-refractivity contribution in [3.05, 3.63) is 30.1 Å². The summed E-state index contributed by atoms with van der Waals surface area (Å²) in [4.78, 5) is 6.52. The molecule has 0 saturated carbocycles. The van der Waals surface area contributed by atoms with Crippen molar-refractivity contribution in [2.45, 2.75) is 19.4 Å². The maximum Gasteiger partial charge on any atom is 0.245 e. The summed E-state index contributed by atoms with van der Waals surface area (Å²) in [6.45, 7) is 3.81. The minimum Gasteiger partial charge on any atom is -0.338 e. The predicted octanol–water partition coefficient (Wildman–Crippen LogP) is 1.78. The van der Waals surface area contributed by atoms with Crippen molar-refractivity contribution >= 4 is 5.95 Å². The standard InChI is InChI=1S/C14H18FN5/c1-9-5-6-20(8-12(9)16)14-17-13(18-19-14)10-3-2-4-11(15)7-10/h2-4,7,9,12H,5-6,8,16H2,1H3,(H,17,18,19). The highest BCUT2D eigenvalue weighted by Gasteiger charge is 2.25. The molecule has 1 aromatic heterocycles. The van der Waals surface area contributed by atoms with Gasteiger partial charge in [-0.2, -0.15) is 4.98 Å². The number of aromatic nitrogens is 3. The van der Waals surface area contributed by atoms with E-state index in [2.05, 4.69) is 27.0 Å². The molecular formula is C14H18FN5. The number of nitrogens with one attached hydrogen (secondary N) is 1. The van der Waals surface area contributed by atoms with Crippen molar-refractivity contribution in [1.82, 2.24) is 15.2 Å². The molecule has 106 valence electrons. The smallest absolute Gasteiger partial charge is 0.245 e. The second-order valence-corrected chi connectivity index (χ2v) is 5.37. The summed E-state index contributed by atoms with van der Waals surface area (Å²) in [5.41, 5.74) is 6.78. The van der Waals surface area contributed by atoms with Gasteiger partial charge >= 0.3 is 0 Å². The Balaban J connectivity index is 1.80. The van der Waals surface area contributed by atoms with E-state index >= 15 is 0 Å². The SMILES string of the molecule is CC1CCN(c2n[nH]c(-c3cccc(F)c3)n2)CC1N. The Labute approximate surface area is 117 Å². The number of anilines is 1. The Morgan fingerprint density at radius 3 is 3.05 bits per heavy atom. The van der Waals surface area contributed by atoms with E-state index in [1.165, 1.54) is 12.1 Å². The number of H-pyrrole nitrogens is 1. The zero-order valence-electron chi connectivity index (χ0n) is 11.4. The van der Waals surface area contributed by atoms with Gasteiger partial charge in [0.1, 0.15) is 5.82 Å². The van der Waals surface area contributed by atoms with Gasteiger partial charge in [-0.1, -0.05) is 19.1 Å². The van der Waals surface area contributed by atoms with Crippen LogP contribution in [0.4, 0.5) is 10.3 Å². The zero-order valence-corrected chi connectivity index (χ0v) is 11.4. The van der Waals surface area contributed by atoms with Crippen LogP contribution in [0.1, 0.15) is 13.3 Å². The highest BCUT2D eigenvalue weighted by Crippen LogP contribution is 2.22. The van der Waals surface area contributed by atoms with E-state index in [1.807, 2.05) is 0 Å². The zero-order chi connectivity index (χ0) is 14.1. The van der Waals surface area contributed by atoms with Gasteiger partial charge < -0.3 is 10.6 Å². The molecule has 0 spiro atoms. The number of hydrogen-bond acceptors (Lipinski definition) is 4. The maximum absolute atomic E-state index is 13.2. The molecule has 2 aromatic rings. The number of nitrogens with two attached hydrogens (primary N) is 1. The molecule has 0 bridgehead atoms. The van der Waals surface area contributed by atoms with Gasteiger partial charge in [0, 0.05) is 24.7 Å². The van der Waals surface area contributed by atoms with Crippen LogP contribution in [0, 0.1) is 11.7 Å².